The molecule has 1 rings (SSSR count). The molecule has 2 atom stereocenters. The summed E-state index contributed by atoms with van der Waals surface area (Å²) in [6, 6.07) is 9.81. The number of benzene rings is 1. The van der Waals surface area contributed by atoms with Gasteiger partial charge in [0.15, 0.2) is 0 Å². The summed E-state index contributed by atoms with van der Waals surface area (Å²) in [5.41, 5.74) is 1.09. The third kappa shape index (κ3) is 7.08. The largest absolute Gasteiger partial charge is 0.351 e. The monoisotopic (exact) mass is 282 g/mol. The first-order valence-corrected chi connectivity index (χ1v) is 8.05. The minimum absolute atomic E-state index is 0.0193. The Morgan fingerprint density at radius 1 is 1.32 bits per heavy atom. The van der Waals surface area contributed by atoms with E-state index in [9.17, 15) is 9.00 Å². The lowest BCUT2D eigenvalue weighted by molar-refractivity contribution is -0.120. The predicted molar refractivity (Wildman–Crippen MR) is 79.3 cm³/mol. The summed E-state index contributed by atoms with van der Waals surface area (Å²) in [5, 5.41) is 6.08. The summed E-state index contributed by atoms with van der Waals surface area (Å²) < 4.78 is 11.1. The van der Waals surface area contributed by atoms with Crippen LogP contribution in [0.4, 0.5) is 0 Å². The molecule has 0 saturated carbocycles. The van der Waals surface area contributed by atoms with Crippen LogP contribution in [-0.2, 0) is 22.1 Å². The fourth-order valence-corrected chi connectivity index (χ4v) is 1.98. The van der Waals surface area contributed by atoms with Crippen molar-refractivity contribution in [1.29, 1.82) is 0 Å². The van der Waals surface area contributed by atoms with Crippen molar-refractivity contribution in [3.8, 4) is 0 Å². The van der Waals surface area contributed by atoms with Crippen LogP contribution >= 0.6 is 0 Å². The van der Waals surface area contributed by atoms with Gasteiger partial charge in [-0.25, -0.2) is 0 Å². The van der Waals surface area contributed by atoms with Crippen LogP contribution in [0.5, 0.6) is 0 Å². The first-order chi connectivity index (χ1) is 9.09. The summed E-state index contributed by atoms with van der Waals surface area (Å²) in [4.78, 5) is 11.6. The van der Waals surface area contributed by atoms with Crippen molar-refractivity contribution in [2.24, 2.45) is 0 Å². The number of rotatable bonds is 8. The Bertz CT molecular complexity index is 409. The minimum Gasteiger partial charge on any atom is -0.351 e. The van der Waals surface area contributed by atoms with Crippen LogP contribution < -0.4 is 10.6 Å². The lowest BCUT2D eigenvalue weighted by Gasteiger charge is -2.09. The van der Waals surface area contributed by atoms with Gasteiger partial charge in [-0.05, 0) is 18.5 Å². The summed E-state index contributed by atoms with van der Waals surface area (Å²) >= 11 is 0. The molecule has 0 fully saturated rings. The van der Waals surface area contributed by atoms with Crippen molar-refractivity contribution in [3.05, 3.63) is 35.9 Å². The lowest BCUT2D eigenvalue weighted by Crippen LogP contribution is -2.34. The van der Waals surface area contributed by atoms with Gasteiger partial charge < -0.3 is 10.6 Å². The first-order valence-electron chi connectivity index (χ1n) is 6.43. The summed E-state index contributed by atoms with van der Waals surface area (Å²) in [6.45, 7) is 3.51. The van der Waals surface area contributed by atoms with Crippen molar-refractivity contribution >= 4 is 16.7 Å². The minimum atomic E-state index is -0.793. The van der Waals surface area contributed by atoms with Crippen LogP contribution in [0.1, 0.15) is 18.9 Å². The van der Waals surface area contributed by atoms with E-state index in [0.29, 0.717) is 19.6 Å². The van der Waals surface area contributed by atoms with Crippen molar-refractivity contribution in [2.45, 2.75) is 25.1 Å². The molecule has 0 bridgehead atoms. The number of carbonyl (C=O) groups excluding carboxylic acids is 1. The molecule has 0 radical (unpaired) electrons. The molecule has 0 spiro atoms. The van der Waals surface area contributed by atoms with Crippen LogP contribution in [0.2, 0.25) is 0 Å². The maximum atomic E-state index is 11.6. The van der Waals surface area contributed by atoms with Gasteiger partial charge in [0.25, 0.3) is 0 Å². The first kappa shape index (κ1) is 15.9. The highest BCUT2D eigenvalue weighted by molar-refractivity contribution is 7.84. The highest BCUT2D eigenvalue weighted by atomic mass is 32.2. The number of hydrogen-bond donors (Lipinski definition) is 2. The van der Waals surface area contributed by atoms with Gasteiger partial charge in [-0.1, -0.05) is 37.3 Å². The second kappa shape index (κ2) is 8.82. The van der Waals surface area contributed by atoms with Gasteiger partial charge in [0.05, 0.1) is 6.54 Å². The van der Waals surface area contributed by atoms with Gasteiger partial charge in [-0.2, -0.15) is 0 Å². The molecule has 19 heavy (non-hydrogen) atoms. The fourth-order valence-electron chi connectivity index (χ4n) is 1.53. The van der Waals surface area contributed by atoms with E-state index >= 15 is 0 Å². The highest BCUT2D eigenvalue weighted by Gasteiger charge is 2.06. The van der Waals surface area contributed by atoms with E-state index < -0.39 is 10.8 Å². The smallest absolute Gasteiger partial charge is 0.234 e. The molecule has 4 nitrogen and oxygen atoms in total. The molecule has 2 unspecified atom stereocenters. The van der Waals surface area contributed by atoms with Gasteiger partial charge in [-0.15, -0.1) is 0 Å². The third-order valence-electron chi connectivity index (χ3n) is 2.91. The van der Waals surface area contributed by atoms with E-state index in [1.165, 1.54) is 0 Å². The molecule has 0 aliphatic heterocycles. The van der Waals surface area contributed by atoms with Crippen LogP contribution in [0.25, 0.3) is 0 Å². The molecule has 0 aliphatic rings. The maximum Gasteiger partial charge on any atom is 0.234 e. The van der Waals surface area contributed by atoms with Gasteiger partial charge in [0.2, 0.25) is 5.91 Å². The number of nitrogens with one attached hydrogen (secondary N) is 2. The third-order valence-corrected chi connectivity index (χ3v) is 4.28. The van der Waals surface area contributed by atoms with E-state index in [4.69, 9.17) is 0 Å². The Morgan fingerprint density at radius 3 is 2.63 bits per heavy atom. The average molecular weight is 282 g/mol. The molecule has 0 saturated heterocycles. The Morgan fingerprint density at radius 2 is 2.00 bits per heavy atom. The predicted octanol–water partition coefficient (Wildman–Crippen LogP) is 1.05. The van der Waals surface area contributed by atoms with Crippen molar-refractivity contribution in [1.82, 2.24) is 10.6 Å². The Balaban J connectivity index is 2.10. The highest BCUT2D eigenvalue weighted by Crippen LogP contribution is 1.97. The van der Waals surface area contributed by atoms with Crippen LogP contribution in [0.15, 0.2) is 30.3 Å². The maximum absolute atomic E-state index is 11.6. The molecule has 106 valence electrons. The molecule has 5 heteroatoms. The molecule has 0 aliphatic carbocycles. The number of hydrogen-bond acceptors (Lipinski definition) is 3. The standard InChI is InChI=1S/C14H22N2O2S/c1-12(19(2)18)8-9-15-11-14(17)16-10-13-6-4-3-5-7-13/h3-7,12,15H,8-11H2,1-2H3,(H,16,17). The molecule has 0 heterocycles. The fraction of sp³-hybridized carbons (Fsp3) is 0.500. The number of amides is 1. The SMILES string of the molecule is CC(CCNCC(=O)NCc1ccccc1)S(C)=O. The van der Waals surface area contributed by atoms with E-state index in [1.54, 1.807) is 6.26 Å². The molecule has 2 N–H and O–H groups in total. The van der Waals surface area contributed by atoms with Gasteiger partial charge >= 0.3 is 0 Å². The van der Waals surface area contributed by atoms with Gasteiger partial charge in [0.1, 0.15) is 0 Å². The quantitative estimate of drug-likeness (QED) is 0.701. The summed E-state index contributed by atoms with van der Waals surface area (Å²) in [6.07, 6.45) is 2.52. The van der Waals surface area contributed by atoms with E-state index in [0.717, 1.165) is 12.0 Å². The summed E-state index contributed by atoms with van der Waals surface area (Å²) in [5.74, 6) is -0.0193. The molecular weight excluding hydrogens is 260 g/mol. The molecule has 1 amide bonds. The normalized spacial score (nSPS) is 13.8. The Hall–Kier alpha value is -1.20. The Labute approximate surface area is 117 Å². The zero-order chi connectivity index (χ0) is 14.1. The van der Waals surface area contributed by atoms with Crippen LogP contribution in [0, 0.1) is 0 Å². The topological polar surface area (TPSA) is 58.2 Å². The zero-order valence-corrected chi connectivity index (χ0v) is 12.3. The average Bonchev–Trinajstić information content (AvgIpc) is 2.42. The second-order valence-corrected chi connectivity index (χ2v) is 6.34. The van der Waals surface area contributed by atoms with E-state index in [-0.39, 0.29) is 11.2 Å². The molecule has 1 aromatic carbocycles. The van der Waals surface area contributed by atoms with E-state index in [1.807, 2.05) is 37.3 Å². The van der Waals surface area contributed by atoms with Gasteiger partial charge in [-0.3, -0.25) is 9.00 Å². The van der Waals surface area contributed by atoms with Crippen LogP contribution in [-0.4, -0.2) is 34.7 Å². The lowest BCUT2D eigenvalue weighted by atomic mass is 10.2. The van der Waals surface area contributed by atoms with Crippen molar-refractivity contribution in [3.63, 3.8) is 0 Å². The van der Waals surface area contributed by atoms with Gasteiger partial charge in [0, 0.05) is 28.9 Å². The summed E-state index contributed by atoms with van der Waals surface area (Å²) in [7, 11) is -0.793. The zero-order valence-electron chi connectivity index (χ0n) is 11.5. The molecule has 0 aromatic heterocycles. The second-order valence-electron chi connectivity index (χ2n) is 4.54. The number of carbonyl (C=O) groups is 1. The molecule has 1 aromatic rings. The van der Waals surface area contributed by atoms with Crippen LogP contribution in [0.3, 0.4) is 0 Å². The van der Waals surface area contributed by atoms with Crippen molar-refractivity contribution in [2.75, 3.05) is 19.3 Å². The Kier molecular flexibility index (Phi) is 7.36. The van der Waals surface area contributed by atoms with E-state index in [2.05, 4.69) is 10.6 Å². The molecular formula is C14H22N2O2S. The van der Waals surface area contributed by atoms with Crippen molar-refractivity contribution < 1.29 is 9.00 Å².